The first kappa shape index (κ1) is 16.2. The summed E-state index contributed by atoms with van der Waals surface area (Å²) in [6, 6.07) is 11.1. The highest BCUT2D eigenvalue weighted by atomic mass is 32.1. The maximum absolute atomic E-state index is 4.91. The van der Waals surface area contributed by atoms with E-state index in [0.29, 0.717) is 6.04 Å². The second-order valence-electron chi connectivity index (χ2n) is 5.71. The summed E-state index contributed by atoms with van der Waals surface area (Å²) < 4.78 is 0. The number of rotatable bonds is 8. The number of aryl methyl sites for hydroxylation is 1. The van der Waals surface area contributed by atoms with Crippen molar-refractivity contribution in [2.75, 3.05) is 6.54 Å². The SMILES string of the molecule is CCCCc1nc(-c2ccccc2)c(CCNC(C)C)s1. The van der Waals surface area contributed by atoms with Crippen LogP contribution in [0.5, 0.6) is 0 Å². The van der Waals surface area contributed by atoms with Gasteiger partial charge in [-0.3, -0.25) is 0 Å². The standard InChI is InChI=1S/C18H26N2S/c1-4-5-11-17-20-18(15-9-7-6-8-10-15)16(21-17)12-13-19-14(2)3/h6-10,14,19H,4-5,11-13H2,1-3H3. The van der Waals surface area contributed by atoms with E-state index in [1.54, 1.807) is 0 Å². The molecule has 0 fully saturated rings. The fraction of sp³-hybridized carbons (Fsp3) is 0.500. The lowest BCUT2D eigenvalue weighted by Gasteiger charge is -2.07. The molecule has 0 saturated carbocycles. The predicted octanol–water partition coefficient (Wildman–Crippen LogP) is 4.69. The zero-order chi connectivity index (χ0) is 15.1. The van der Waals surface area contributed by atoms with Crippen LogP contribution in [-0.2, 0) is 12.8 Å². The van der Waals surface area contributed by atoms with E-state index in [2.05, 4.69) is 56.4 Å². The van der Waals surface area contributed by atoms with Crippen molar-refractivity contribution >= 4 is 11.3 Å². The van der Waals surface area contributed by atoms with Gasteiger partial charge in [-0.1, -0.05) is 57.5 Å². The number of nitrogens with one attached hydrogen (secondary N) is 1. The molecule has 0 atom stereocenters. The van der Waals surface area contributed by atoms with Crippen LogP contribution in [0.15, 0.2) is 30.3 Å². The van der Waals surface area contributed by atoms with Gasteiger partial charge < -0.3 is 5.32 Å². The van der Waals surface area contributed by atoms with Gasteiger partial charge in [0.05, 0.1) is 10.7 Å². The van der Waals surface area contributed by atoms with Gasteiger partial charge in [0, 0.05) is 23.0 Å². The Labute approximate surface area is 132 Å². The van der Waals surface area contributed by atoms with Crippen LogP contribution in [0.25, 0.3) is 11.3 Å². The molecule has 0 spiro atoms. The van der Waals surface area contributed by atoms with Crippen molar-refractivity contribution in [3.8, 4) is 11.3 Å². The van der Waals surface area contributed by atoms with Crippen molar-refractivity contribution < 1.29 is 0 Å². The summed E-state index contributed by atoms with van der Waals surface area (Å²) in [6.45, 7) is 7.64. The Kier molecular flexibility index (Phi) is 6.40. The molecule has 0 amide bonds. The van der Waals surface area contributed by atoms with Crippen LogP contribution in [0.4, 0.5) is 0 Å². The molecule has 1 aromatic carbocycles. The summed E-state index contributed by atoms with van der Waals surface area (Å²) in [5, 5.41) is 4.79. The number of unbranched alkanes of at least 4 members (excludes halogenated alkanes) is 1. The quantitative estimate of drug-likeness (QED) is 0.765. The summed E-state index contributed by atoms with van der Waals surface area (Å²) in [7, 11) is 0. The molecule has 1 heterocycles. The molecule has 2 aromatic rings. The van der Waals surface area contributed by atoms with Crippen LogP contribution < -0.4 is 5.32 Å². The second kappa shape index (κ2) is 8.30. The van der Waals surface area contributed by atoms with Crippen molar-refractivity contribution in [2.24, 2.45) is 0 Å². The van der Waals surface area contributed by atoms with E-state index < -0.39 is 0 Å². The first-order valence-electron chi connectivity index (χ1n) is 7.98. The summed E-state index contributed by atoms with van der Waals surface area (Å²) in [5.41, 5.74) is 2.44. The number of aromatic nitrogens is 1. The Morgan fingerprint density at radius 2 is 1.90 bits per heavy atom. The third kappa shape index (κ3) is 4.94. The van der Waals surface area contributed by atoms with Crippen molar-refractivity contribution in [1.29, 1.82) is 0 Å². The van der Waals surface area contributed by atoms with Crippen LogP contribution >= 0.6 is 11.3 Å². The molecule has 1 N–H and O–H groups in total. The van der Waals surface area contributed by atoms with Crippen molar-refractivity contribution in [1.82, 2.24) is 10.3 Å². The van der Waals surface area contributed by atoms with Gasteiger partial charge in [-0.05, 0) is 19.3 Å². The lowest BCUT2D eigenvalue weighted by atomic mass is 10.1. The third-order valence-electron chi connectivity index (χ3n) is 3.44. The molecule has 0 saturated heterocycles. The zero-order valence-corrected chi connectivity index (χ0v) is 14.2. The average Bonchev–Trinajstić information content (AvgIpc) is 2.89. The topological polar surface area (TPSA) is 24.9 Å². The van der Waals surface area contributed by atoms with Crippen LogP contribution in [0.1, 0.15) is 43.5 Å². The van der Waals surface area contributed by atoms with Gasteiger partial charge in [0.15, 0.2) is 0 Å². The van der Waals surface area contributed by atoms with Gasteiger partial charge in [0.1, 0.15) is 0 Å². The second-order valence-corrected chi connectivity index (χ2v) is 6.88. The molecule has 3 heteroatoms. The van der Waals surface area contributed by atoms with Crippen molar-refractivity contribution in [3.05, 3.63) is 40.2 Å². The maximum Gasteiger partial charge on any atom is 0.0935 e. The number of benzene rings is 1. The predicted molar refractivity (Wildman–Crippen MR) is 93.0 cm³/mol. The molecular formula is C18H26N2S. The largest absolute Gasteiger partial charge is 0.314 e. The summed E-state index contributed by atoms with van der Waals surface area (Å²) in [4.78, 5) is 6.32. The molecule has 0 aliphatic rings. The summed E-state index contributed by atoms with van der Waals surface area (Å²) in [6.07, 6.45) is 4.63. The first-order chi connectivity index (χ1) is 10.2. The van der Waals surface area contributed by atoms with Gasteiger partial charge in [0.2, 0.25) is 0 Å². The minimum absolute atomic E-state index is 0.539. The zero-order valence-electron chi connectivity index (χ0n) is 13.4. The number of hydrogen-bond donors (Lipinski definition) is 1. The smallest absolute Gasteiger partial charge is 0.0935 e. The lowest BCUT2D eigenvalue weighted by Crippen LogP contribution is -2.24. The third-order valence-corrected chi connectivity index (χ3v) is 4.61. The minimum Gasteiger partial charge on any atom is -0.314 e. The minimum atomic E-state index is 0.539. The molecule has 0 radical (unpaired) electrons. The van der Waals surface area contributed by atoms with E-state index in [9.17, 15) is 0 Å². The van der Waals surface area contributed by atoms with Crippen LogP contribution in [-0.4, -0.2) is 17.6 Å². The van der Waals surface area contributed by atoms with Gasteiger partial charge in [0.25, 0.3) is 0 Å². The number of hydrogen-bond acceptors (Lipinski definition) is 3. The molecule has 0 unspecified atom stereocenters. The van der Waals surface area contributed by atoms with Crippen LogP contribution in [0, 0.1) is 0 Å². The fourth-order valence-electron chi connectivity index (χ4n) is 2.30. The molecule has 0 aliphatic heterocycles. The van der Waals surface area contributed by atoms with Crippen molar-refractivity contribution in [3.63, 3.8) is 0 Å². The molecule has 21 heavy (non-hydrogen) atoms. The highest BCUT2D eigenvalue weighted by Gasteiger charge is 2.12. The Balaban J connectivity index is 2.17. The Morgan fingerprint density at radius 1 is 1.14 bits per heavy atom. The van der Waals surface area contributed by atoms with E-state index >= 15 is 0 Å². The monoisotopic (exact) mass is 302 g/mol. The van der Waals surface area contributed by atoms with Gasteiger partial charge >= 0.3 is 0 Å². The van der Waals surface area contributed by atoms with E-state index in [4.69, 9.17) is 4.98 Å². The fourth-order valence-corrected chi connectivity index (χ4v) is 3.43. The van der Waals surface area contributed by atoms with E-state index in [0.717, 1.165) is 19.4 Å². The van der Waals surface area contributed by atoms with Gasteiger partial charge in [-0.2, -0.15) is 0 Å². The number of nitrogens with zero attached hydrogens (tertiary/aromatic N) is 1. The van der Waals surface area contributed by atoms with Crippen LogP contribution in [0.2, 0.25) is 0 Å². The lowest BCUT2D eigenvalue weighted by molar-refractivity contribution is 0.592. The Morgan fingerprint density at radius 3 is 2.57 bits per heavy atom. The molecule has 0 aliphatic carbocycles. The highest BCUT2D eigenvalue weighted by Crippen LogP contribution is 2.29. The van der Waals surface area contributed by atoms with Crippen molar-refractivity contribution in [2.45, 2.75) is 52.5 Å². The van der Waals surface area contributed by atoms with E-state index in [1.165, 1.54) is 34.0 Å². The van der Waals surface area contributed by atoms with E-state index in [-0.39, 0.29) is 0 Å². The number of thiazole rings is 1. The molecule has 2 nitrogen and oxygen atoms in total. The van der Waals surface area contributed by atoms with Gasteiger partial charge in [-0.15, -0.1) is 11.3 Å². The Bertz CT molecular complexity index is 531. The normalized spacial score (nSPS) is 11.2. The maximum atomic E-state index is 4.91. The summed E-state index contributed by atoms with van der Waals surface area (Å²) >= 11 is 1.89. The first-order valence-corrected chi connectivity index (χ1v) is 8.79. The Hall–Kier alpha value is -1.19. The summed E-state index contributed by atoms with van der Waals surface area (Å²) in [5.74, 6) is 0. The van der Waals surface area contributed by atoms with E-state index in [1.807, 2.05) is 11.3 Å². The molecule has 114 valence electrons. The molecule has 2 rings (SSSR count). The molecule has 1 aromatic heterocycles. The van der Waals surface area contributed by atoms with Gasteiger partial charge in [-0.25, -0.2) is 4.98 Å². The van der Waals surface area contributed by atoms with Crippen LogP contribution in [0.3, 0.4) is 0 Å². The highest BCUT2D eigenvalue weighted by molar-refractivity contribution is 7.12. The average molecular weight is 302 g/mol. The molecular weight excluding hydrogens is 276 g/mol. The molecule has 0 bridgehead atoms.